The van der Waals surface area contributed by atoms with Gasteiger partial charge in [-0.1, -0.05) is 30.3 Å². The lowest BCUT2D eigenvalue weighted by Gasteiger charge is -2.20. The highest BCUT2D eigenvalue weighted by Gasteiger charge is 2.22. The molecule has 1 aliphatic rings. The van der Waals surface area contributed by atoms with Gasteiger partial charge in [0.05, 0.1) is 5.52 Å². The van der Waals surface area contributed by atoms with Crippen molar-refractivity contribution in [2.24, 2.45) is 5.92 Å². The SMILES string of the molecule is CNc1nc(-c2cccnc2)nc2ccc(-c3ccc(C(=O)C4CCOCC4)cc3)cc12. The van der Waals surface area contributed by atoms with Crippen molar-refractivity contribution >= 4 is 22.5 Å². The second-order valence-electron chi connectivity index (χ2n) is 7.95. The van der Waals surface area contributed by atoms with Crippen molar-refractivity contribution in [2.75, 3.05) is 25.6 Å². The zero-order chi connectivity index (χ0) is 21.9. The van der Waals surface area contributed by atoms with Gasteiger partial charge in [0, 0.05) is 55.1 Å². The number of pyridine rings is 1. The Balaban J connectivity index is 1.46. The van der Waals surface area contributed by atoms with E-state index in [1.807, 2.05) is 49.5 Å². The van der Waals surface area contributed by atoms with Crippen molar-refractivity contribution in [2.45, 2.75) is 12.8 Å². The van der Waals surface area contributed by atoms with Crippen molar-refractivity contribution in [1.82, 2.24) is 15.0 Å². The van der Waals surface area contributed by atoms with E-state index in [0.29, 0.717) is 19.0 Å². The summed E-state index contributed by atoms with van der Waals surface area (Å²) in [7, 11) is 1.86. The fourth-order valence-electron chi connectivity index (χ4n) is 4.15. The van der Waals surface area contributed by atoms with Crippen molar-refractivity contribution in [3.05, 3.63) is 72.6 Å². The van der Waals surface area contributed by atoms with E-state index in [4.69, 9.17) is 14.7 Å². The molecule has 1 fully saturated rings. The summed E-state index contributed by atoms with van der Waals surface area (Å²) in [4.78, 5) is 26.4. The number of hydrogen-bond donors (Lipinski definition) is 1. The van der Waals surface area contributed by atoms with Crippen LogP contribution in [0.15, 0.2) is 67.0 Å². The second kappa shape index (κ2) is 8.85. The number of nitrogens with zero attached hydrogens (tertiary/aromatic N) is 3. The number of fused-ring (bicyclic) bond motifs is 1. The first kappa shape index (κ1) is 20.3. The van der Waals surface area contributed by atoms with Gasteiger partial charge >= 0.3 is 0 Å². The molecule has 1 aliphatic heterocycles. The number of benzene rings is 2. The number of anilines is 1. The molecule has 1 N–H and O–H groups in total. The number of Topliss-reactive ketones (excluding diaryl/α,β-unsaturated/α-hetero) is 1. The van der Waals surface area contributed by atoms with Crippen LogP contribution in [0.25, 0.3) is 33.4 Å². The highest BCUT2D eigenvalue weighted by molar-refractivity contribution is 5.98. The van der Waals surface area contributed by atoms with E-state index >= 15 is 0 Å². The maximum absolute atomic E-state index is 12.8. The van der Waals surface area contributed by atoms with Crippen LogP contribution in [0.5, 0.6) is 0 Å². The smallest absolute Gasteiger partial charge is 0.166 e. The predicted octanol–water partition coefficient (Wildman–Crippen LogP) is 5.01. The Kier molecular flexibility index (Phi) is 5.60. The third-order valence-electron chi connectivity index (χ3n) is 5.95. The minimum atomic E-state index is 0.0691. The summed E-state index contributed by atoms with van der Waals surface area (Å²) >= 11 is 0. The molecule has 0 radical (unpaired) electrons. The summed E-state index contributed by atoms with van der Waals surface area (Å²) in [5.74, 6) is 1.69. The Morgan fingerprint density at radius 3 is 2.47 bits per heavy atom. The van der Waals surface area contributed by atoms with Gasteiger partial charge < -0.3 is 10.1 Å². The van der Waals surface area contributed by atoms with Gasteiger partial charge in [-0.2, -0.15) is 0 Å². The van der Waals surface area contributed by atoms with E-state index in [9.17, 15) is 4.79 Å². The van der Waals surface area contributed by atoms with Gasteiger partial charge in [0.2, 0.25) is 0 Å². The average Bonchev–Trinajstić information content (AvgIpc) is 2.88. The fourth-order valence-corrected chi connectivity index (χ4v) is 4.15. The molecule has 0 amide bonds. The van der Waals surface area contributed by atoms with Crippen molar-refractivity contribution in [3.8, 4) is 22.5 Å². The van der Waals surface area contributed by atoms with Crippen LogP contribution in [-0.4, -0.2) is 41.0 Å². The number of nitrogens with one attached hydrogen (secondary N) is 1. The number of aromatic nitrogens is 3. The molecule has 0 aliphatic carbocycles. The van der Waals surface area contributed by atoms with Gasteiger partial charge in [0.1, 0.15) is 5.82 Å². The molecule has 6 heteroatoms. The van der Waals surface area contributed by atoms with E-state index in [1.54, 1.807) is 12.4 Å². The molecule has 0 unspecified atom stereocenters. The van der Waals surface area contributed by atoms with E-state index in [2.05, 4.69) is 22.4 Å². The number of rotatable bonds is 5. The van der Waals surface area contributed by atoms with Crippen LogP contribution >= 0.6 is 0 Å². The lowest BCUT2D eigenvalue weighted by molar-refractivity contribution is 0.0545. The molecule has 4 aromatic rings. The van der Waals surface area contributed by atoms with Gasteiger partial charge in [-0.05, 0) is 48.2 Å². The first-order chi connectivity index (χ1) is 15.7. The van der Waals surface area contributed by atoms with Gasteiger partial charge in [-0.15, -0.1) is 0 Å². The Morgan fingerprint density at radius 2 is 1.75 bits per heavy atom. The van der Waals surface area contributed by atoms with Crippen molar-refractivity contribution in [3.63, 3.8) is 0 Å². The molecule has 160 valence electrons. The molecule has 0 bridgehead atoms. The number of carbonyl (C=O) groups excluding carboxylic acids is 1. The summed E-state index contributed by atoms with van der Waals surface area (Å²) < 4.78 is 5.38. The minimum absolute atomic E-state index is 0.0691. The van der Waals surface area contributed by atoms with Gasteiger partial charge in [-0.25, -0.2) is 9.97 Å². The normalized spacial score (nSPS) is 14.4. The maximum Gasteiger partial charge on any atom is 0.166 e. The molecule has 5 rings (SSSR count). The monoisotopic (exact) mass is 424 g/mol. The molecular weight excluding hydrogens is 400 g/mol. The number of ketones is 1. The Morgan fingerprint density at radius 1 is 0.969 bits per heavy atom. The summed E-state index contributed by atoms with van der Waals surface area (Å²) in [5.41, 5.74) is 4.60. The predicted molar refractivity (Wildman–Crippen MR) is 126 cm³/mol. The number of carbonyl (C=O) groups is 1. The quantitative estimate of drug-likeness (QED) is 0.454. The molecule has 3 heterocycles. The maximum atomic E-state index is 12.8. The highest BCUT2D eigenvalue weighted by Crippen LogP contribution is 2.30. The van der Waals surface area contributed by atoms with E-state index in [1.165, 1.54) is 0 Å². The Labute approximate surface area is 186 Å². The molecule has 1 saturated heterocycles. The second-order valence-corrected chi connectivity index (χ2v) is 7.95. The van der Waals surface area contributed by atoms with Crippen LogP contribution < -0.4 is 5.32 Å². The Hall–Kier alpha value is -3.64. The third kappa shape index (κ3) is 3.97. The molecule has 2 aromatic heterocycles. The minimum Gasteiger partial charge on any atom is -0.381 e. The summed E-state index contributed by atoms with van der Waals surface area (Å²) in [6, 6.07) is 17.9. The van der Waals surface area contributed by atoms with Crippen molar-refractivity contribution in [1.29, 1.82) is 0 Å². The van der Waals surface area contributed by atoms with Crippen LogP contribution in [0.3, 0.4) is 0 Å². The molecular formula is C26H24N4O2. The van der Waals surface area contributed by atoms with E-state index in [0.717, 1.165) is 51.8 Å². The third-order valence-corrected chi connectivity index (χ3v) is 5.95. The van der Waals surface area contributed by atoms with Gasteiger partial charge in [0.15, 0.2) is 11.6 Å². The molecule has 0 spiro atoms. The van der Waals surface area contributed by atoms with E-state index in [-0.39, 0.29) is 11.7 Å². The molecule has 2 aromatic carbocycles. The number of hydrogen-bond acceptors (Lipinski definition) is 6. The molecule has 0 atom stereocenters. The molecule has 32 heavy (non-hydrogen) atoms. The summed E-state index contributed by atoms with van der Waals surface area (Å²) in [5, 5.41) is 4.14. The number of ether oxygens (including phenoxy) is 1. The van der Waals surface area contributed by atoms with Crippen molar-refractivity contribution < 1.29 is 9.53 Å². The average molecular weight is 425 g/mol. The van der Waals surface area contributed by atoms with Crippen LogP contribution in [0, 0.1) is 5.92 Å². The zero-order valence-electron chi connectivity index (χ0n) is 17.9. The van der Waals surface area contributed by atoms with Crippen LogP contribution in [-0.2, 0) is 4.74 Å². The Bertz CT molecular complexity index is 1250. The highest BCUT2D eigenvalue weighted by atomic mass is 16.5. The molecule has 6 nitrogen and oxygen atoms in total. The largest absolute Gasteiger partial charge is 0.381 e. The van der Waals surface area contributed by atoms with Crippen LogP contribution in [0.2, 0.25) is 0 Å². The summed E-state index contributed by atoms with van der Waals surface area (Å²) in [6.07, 6.45) is 5.11. The standard InChI is InChI=1S/C26H24N4O2/c1-27-26-22-15-20(8-9-23(22)29-25(30-26)21-3-2-12-28-16-21)17-4-6-18(7-5-17)24(31)19-10-13-32-14-11-19/h2-9,12,15-16,19H,10-11,13-14H2,1H3,(H,27,29,30). The van der Waals surface area contributed by atoms with E-state index < -0.39 is 0 Å². The first-order valence-corrected chi connectivity index (χ1v) is 10.9. The first-order valence-electron chi connectivity index (χ1n) is 10.9. The fraction of sp³-hybridized carbons (Fsp3) is 0.231. The zero-order valence-corrected chi connectivity index (χ0v) is 17.9. The summed E-state index contributed by atoms with van der Waals surface area (Å²) in [6.45, 7) is 1.34. The van der Waals surface area contributed by atoms with Gasteiger partial charge in [-0.3, -0.25) is 9.78 Å². The lowest BCUT2D eigenvalue weighted by Crippen LogP contribution is -2.23. The lowest BCUT2D eigenvalue weighted by atomic mass is 9.90. The van der Waals surface area contributed by atoms with Crippen LogP contribution in [0.1, 0.15) is 23.2 Å². The topological polar surface area (TPSA) is 77.0 Å². The van der Waals surface area contributed by atoms with Crippen LogP contribution in [0.4, 0.5) is 5.82 Å². The molecule has 0 saturated carbocycles. The van der Waals surface area contributed by atoms with Gasteiger partial charge in [0.25, 0.3) is 0 Å².